The number of aliphatic hydroxyl groups excluding tert-OH is 1. The number of hydrogen-bond donors (Lipinski definition) is 1. The summed E-state index contributed by atoms with van der Waals surface area (Å²) in [5.74, 6) is 0.567. The van der Waals surface area contributed by atoms with Crippen LogP contribution in [0.3, 0.4) is 0 Å². The first-order valence-corrected chi connectivity index (χ1v) is 11.6. The first-order chi connectivity index (χ1) is 13.2. The highest BCUT2D eigenvalue weighted by atomic mass is 35.5. The molecule has 146 valence electrons. The second kappa shape index (κ2) is 10.5. The third-order valence-corrected chi connectivity index (χ3v) is 6.98. The van der Waals surface area contributed by atoms with Crippen LogP contribution in [0, 0.1) is 5.92 Å². The van der Waals surface area contributed by atoms with Crippen molar-refractivity contribution in [2.75, 3.05) is 0 Å². The van der Waals surface area contributed by atoms with Gasteiger partial charge in [0.25, 0.3) is 0 Å². The summed E-state index contributed by atoms with van der Waals surface area (Å²) in [7, 11) is 0. The second-order valence-corrected chi connectivity index (χ2v) is 9.15. The molecule has 1 aliphatic carbocycles. The molecular weight excluding hydrogens is 372 g/mol. The van der Waals surface area contributed by atoms with E-state index in [2.05, 4.69) is 48.7 Å². The SMILES string of the molecule is CCCCC[C@H](O)c1ccc(C2=C(Cl)CC[C@@H]2CCCc2cccs2)cc1. The molecule has 2 atom stereocenters. The second-order valence-electron chi connectivity index (χ2n) is 7.66. The van der Waals surface area contributed by atoms with Crippen LogP contribution >= 0.6 is 22.9 Å². The van der Waals surface area contributed by atoms with Crippen molar-refractivity contribution in [2.24, 2.45) is 5.92 Å². The fraction of sp³-hybridized carbons (Fsp3) is 0.500. The lowest BCUT2D eigenvalue weighted by molar-refractivity contribution is 0.163. The average molecular weight is 403 g/mol. The zero-order valence-corrected chi connectivity index (χ0v) is 17.9. The van der Waals surface area contributed by atoms with Crippen LogP contribution < -0.4 is 0 Å². The van der Waals surface area contributed by atoms with E-state index in [1.54, 1.807) is 0 Å². The molecule has 0 aliphatic heterocycles. The maximum Gasteiger partial charge on any atom is 0.0790 e. The predicted octanol–water partition coefficient (Wildman–Crippen LogP) is 7.74. The Hall–Kier alpha value is -1.09. The van der Waals surface area contributed by atoms with Gasteiger partial charge in [0.1, 0.15) is 0 Å². The molecule has 0 amide bonds. The summed E-state index contributed by atoms with van der Waals surface area (Å²) >= 11 is 8.46. The minimum atomic E-state index is -0.347. The smallest absolute Gasteiger partial charge is 0.0790 e. The third kappa shape index (κ3) is 5.70. The average Bonchev–Trinajstić information content (AvgIpc) is 3.32. The number of aliphatic hydroxyl groups is 1. The summed E-state index contributed by atoms with van der Waals surface area (Å²) in [5, 5.41) is 13.6. The number of aryl methyl sites for hydroxylation is 1. The molecule has 0 saturated carbocycles. The summed E-state index contributed by atoms with van der Waals surface area (Å²) in [4.78, 5) is 1.48. The van der Waals surface area contributed by atoms with Crippen LogP contribution in [-0.4, -0.2) is 5.11 Å². The van der Waals surface area contributed by atoms with E-state index in [0.29, 0.717) is 5.92 Å². The van der Waals surface area contributed by atoms with Crippen LogP contribution in [0.25, 0.3) is 5.57 Å². The lowest BCUT2D eigenvalue weighted by Gasteiger charge is -2.17. The lowest BCUT2D eigenvalue weighted by atomic mass is 9.89. The molecule has 1 heterocycles. The topological polar surface area (TPSA) is 20.2 Å². The van der Waals surface area contributed by atoms with Crippen molar-refractivity contribution in [1.29, 1.82) is 0 Å². The zero-order valence-electron chi connectivity index (χ0n) is 16.3. The molecule has 1 aromatic heterocycles. The highest BCUT2D eigenvalue weighted by Gasteiger charge is 2.25. The van der Waals surface area contributed by atoms with Gasteiger partial charge in [-0.1, -0.05) is 68.1 Å². The van der Waals surface area contributed by atoms with Gasteiger partial charge in [0.05, 0.1) is 6.10 Å². The van der Waals surface area contributed by atoms with Crippen molar-refractivity contribution in [3.8, 4) is 0 Å². The maximum atomic E-state index is 10.4. The largest absolute Gasteiger partial charge is 0.388 e. The predicted molar refractivity (Wildman–Crippen MR) is 118 cm³/mol. The van der Waals surface area contributed by atoms with E-state index >= 15 is 0 Å². The maximum absolute atomic E-state index is 10.4. The Balaban J connectivity index is 1.60. The van der Waals surface area contributed by atoms with Crippen molar-refractivity contribution in [3.05, 3.63) is 62.8 Å². The highest BCUT2D eigenvalue weighted by Crippen LogP contribution is 2.43. The zero-order chi connectivity index (χ0) is 19.1. The molecular formula is C24H31ClOS. The molecule has 0 spiro atoms. The van der Waals surface area contributed by atoms with Gasteiger partial charge in [0, 0.05) is 9.91 Å². The third-order valence-electron chi connectivity index (χ3n) is 5.66. The minimum Gasteiger partial charge on any atom is -0.388 e. The Kier molecular flexibility index (Phi) is 7.99. The van der Waals surface area contributed by atoms with Gasteiger partial charge in [-0.25, -0.2) is 0 Å². The number of unbranched alkanes of at least 4 members (excludes halogenated alkanes) is 2. The molecule has 1 aliphatic rings. The summed E-state index contributed by atoms with van der Waals surface area (Å²) in [6, 6.07) is 12.9. The molecule has 27 heavy (non-hydrogen) atoms. The Labute approximate surface area is 173 Å². The fourth-order valence-electron chi connectivity index (χ4n) is 4.10. The van der Waals surface area contributed by atoms with Crippen LogP contribution in [-0.2, 0) is 6.42 Å². The van der Waals surface area contributed by atoms with Crippen LogP contribution in [0.4, 0.5) is 0 Å². The molecule has 3 heteroatoms. The summed E-state index contributed by atoms with van der Waals surface area (Å²) in [6.07, 6.45) is 9.71. The number of benzene rings is 1. The Bertz CT molecular complexity index is 717. The Morgan fingerprint density at radius 3 is 2.67 bits per heavy atom. The van der Waals surface area contributed by atoms with Gasteiger partial charge in [-0.15, -0.1) is 11.3 Å². The van der Waals surface area contributed by atoms with Gasteiger partial charge in [0.2, 0.25) is 0 Å². The van der Waals surface area contributed by atoms with Crippen LogP contribution in [0.2, 0.25) is 0 Å². The van der Waals surface area contributed by atoms with Crippen molar-refractivity contribution in [1.82, 2.24) is 0 Å². The van der Waals surface area contributed by atoms with E-state index in [4.69, 9.17) is 11.6 Å². The van der Waals surface area contributed by atoms with Crippen molar-refractivity contribution in [2.45, 2.75) is 70.8 Å². The number of rotatable bonds is 10. The van der Waals surface area contributed by atoms with Gasteiger partial charge in [-0.05, 0) is 72.6 Å². The molecule has 1 nitrogen and oxygen atoms in total. The first kappa shape index (κ1) is 20.6. The van der Waals surface area contributed by atoms with E-state index in [9.17, 15) is 5.11 Å². The molecule has 0 saturated heterocycles. The summed E-state index contributed by atoms with van der Waals surface area (Å²) in [6.45, 7) is 2.19. The Morgan fingerprint density at radius 2 is 1.96 bits per heavy atom. The van der Waals surface area contributed by atoms with Crippen molar-refractivity contribution >= 4 is 28.5 Å². The van der Waals surface area contributed by atoms with E-state index in [0.717, 1.165) is 29.9 Å². The van der Waals surface area contributed by atoms with Crippen molar-refractivity contribution in [3.63, 3.8) is 0 Å². The monoisotopic (exact) mass is 402 g/mol. The number of thiophene rings is 1. The molecule has 3 rings (SSSR count). The first-order valence-electron chi connectivity index (χ1n) is 10.4. The number of halogens is 1. The van der Waals surface area contributed by atoms with E-state index in [-0.39, 0.29) is 6.10 Å². The van der Waals surface area contributed by atoms with Crippen LogP contribution in [0.5, 0.6) is 0 Å². The van der Waals surface area contributed by atoms with Gasteiger partial charge in [-0.2, -0.15) is 0 Å². The van der Waals surface area contributed by atoms with E-state index in [1.165, 1.54) is 54.5 Å². The Morgan fingerprint density at radius 1 is 1.15 bits per heavy atom. The summed E-state index contributed by atoms with van der Waals surface area (Å²) in [5.41, 5.74) is 3.61. The lowest BCUT2D eigenvalue weighted by Crippen LogP contribution is -2.02. The van der Waals surface area contributed by atoms with Crippen molar-refractivity contribution < 1.29 is 5.11 Å². The molecule has 0 unspecified atom stereocenters. The highest BCUT2D eigenvalue weighted by molar-refractivity contribution is 7.09. The molecule has 0 fully saturated rings. The van der Waals surface area contributed by atoms with Crippen LogP contribution in [0.15, 0.2) is 46.8 Å². The van der Waals surface area contributed by atoms with Gasteiger partial charge < -0.3 is 5.11 Å². The molecule has 1 N–H and O–H groups in total. The van der Waals surface area contributed by atoms with E-state index < -0.39 is 0 Å². The van der Waals surface area contributed by atoms with Gasteiger partial charge >= 0.3 is 0 Å². The summed E-state index contributed by atoms with van der Waals surface area (Å²) < 4.78 is 0. The quantitative estimate of drug-likeness (QED) is 0.403. The standard InChI is InChI=1S/C24H31ClOS/c1-2-3-4-10-23(26)18-11-13-20(14-12-18)24-19(15-16-22(24)25)7-5-8-21-9-6-17-27-21/h6,9,11-14,17,19,23,26H,2-5,7-8,10,15-16H2,1H3/t19-,23-/m0/s1. The van der Waals surface area contributed by atoms with Crippen LogP contribution in [0.1, 0.15) is 80.4 Å². The fourth-order valence-corrected chi connectivity index (χ4v) is 5.22. The number of hydrogen-bond acceptors (Lipinski definition) is 2. The minimum absolute atomic E-state index is 0.347. The van der Waals surface area contributed by atoms with E-state index in [1.807, 2.05) is 11.3 Å². The molecule has 1 aromatic carbocycles. The van der Waals surface area contributed by atoms with Gasteiger partial charge in [0.15, 0.2) is 0 Å². The molecule has 0 radical (unpaired) electrons. The number of allylic oxidation sites excluding steroid dienone is 2. The molecule has 2 aromatic rings. The van der Waals surface area contributed by atoms with Gasteiger partial charge in [-0.3, -0.25) is 0 Å². The molecule has 0 bridgehead atoms. The normalized spacial score (nSPS) is 18.3.